The number of benzene rings is 1. The van der Waals surface area contributed by atoms with Crippen molar-refractivity contribution in [3.63, 3.8) is 0 Å². The summed E-state index contributed by atoms with van der Waals surface area (Å²) in [4.78, 5) is 4.29. The molecule has 0 bridgehead atoms. The number of fused-ring (bicyclic) bond motifs is 1. The van der Waals surface area contributed by atoms with E-state index in [0.717, 1.165) is 23.5 Å². The first kappa shape index (κ1) is 10.2. The molecule has 0 saturated heterocycles. The van der Waals surface area contributed by atoms with Gasteiger partial charge in [-0.15, -0.1) is 0 Å². The lowest BCUT2D eigenvalue weighted by molar-refractivity contribution is 0.650. The zero-order valence-corrected chi connectivity index (χ0v) is 10.1. The van der Waals surface area contributed by atoms with E-state index < -0.39 is 0 Å². The van der Waals surface area contributed by atoms with E-state index in [2.05, 4.69) is 4.98 Å². The second-order valence-electron chi connectivity index (χ2n) is 4.28. The van der Waals surface area contributed by atoms with Crippen molar-refractivity contribution < 1.29 is 0 Å². The van der Waals surface area contributed by atoms with E-state index in [1.54, 1.807) is 6.07 Å². The fraction of sp³-hybridized carbons (Fsp3) is 0.364. The van der Waals surface area contributed by atoms with E-state index in [9.17, 15) is 0 Å². The predicted octanol–water partition coefficient (Wildman–Crippen LogP) is 3.34. The molecule has 2 N–H and O–H groups in total. The maximum absolute atomic E-state index is 6.01. The SMILES string of the molecule is Nc1nc2cc(Cl)c(Cl)cc2n1CC1CC1. The van der Waals surface area contributed by atoms with Gasteiger partial charge in [0.25, 0.3) is 0 Å². The molecule has 84 valence electrons. The van der Waals surface area contributed by atoms with Crippen LogP contribution in [0.5, 0.6) is 0 Å². The summed E-state index contributed by atoms with van der Waals surface area (Å²) in [7, 11) is 0. The Labute approximate surface area is 103 Å². The van der Waals surface area contributed by atoms with Gasteiger partial charge in [0, 0.05) is 6.54 Å². The van der Waals surface area contributed by atoms with Gasteiger partial charge >= 0.3 is 0 Å². The van der Waals surface area contributed by atoms with Crippen LogP contribution in [0.3, 0.4) is 0 Å². The predicted molar refractivity (Wildman–Crippen MR) is 66.9 cm³/mol. The van der Waals surface area contributed by atoms with Crippen molar-refractivity contribution in [2.75, 3.05) is 5.73 Å². The van der Waals surface area contributed by atoms with Gasteiger partial charge in [-0.3, -0.25) is 0 Å². The fourth-order valence-electron chi connectivity index (χ4n) is 1.89. The van der Waals surface area contributed by atoms with Crippen molar-refractivity contribution in [2.24, 2.45) is 5.92 Å². The number of rotatable bonds is 2. The molecule has 3 nitrogen and oxygen atoms in total. The smallest absolute Gasteiger partial charge is 0.201 e. The highest BCUT2D eigenvalue weighted by Crippen LogP contribution is 2.34. The molecule has 0 spiro atoms. The average Bonchev–Trinajstić information content (AvgIpc) is 2.99. The van der Waals surface area contributed by atoms with Gasteiger partial charge in [-0.1, -0.05) is 23.2 Å². The molecule has 1 aromatic heterocycles. The summed E-state index contributed by atoms with van der Waals surface area (Å²) in [5.74, 6) is 1.29. The van der Waals surface area contributed by atoms with Crippen molar-refractivity contribution in [2.45, 2.75) is 19.4 Å². The zero-order chi connectivity index (χ0) is 11.3. The largest absolute Gasteiger partial charge is 0.369 e. The Morgan fingerprint density at radius 2 is 2.00 bits per heavy atom. The monoisotopic (exact) mass is 255 g/mol. The van der Waals surface area contributed by atoms with Gasteiger partial charge in [-0.2, -0.15) is 0 Å². The van der Waals surface area contributed by atoms with Crippen LogP contribution in [0.2, 0.25) is 10.0 Å². The molecule has 1 saturated carbocycles. The maximum atomic E-state index is 6.01. The molecule has 0 radical (unpaired) electrons. The zero-order valence-electron chi connectivity index (χ0n) is 8.58. The third-order valence-electron chi connectivity index (χ3n) is 2.96. The van der Waals surface area contributed by atoms with Crippen molar-refractivity contribution in [3.8, 4) is 0 Å². The number of nitrogens with zero attached hydrogens (tertiary/aromatic N) is 2. The summed E-state index contributed by atoms with van der Waals surface area (Å²) in [6, 6.07) is 3.60. The third-order valence-corrected chi connectivity index (χ3v) is 3.68. The van der Waals surface area contributed by atoms with Crippen LogP contribution in [0.4, 0.5) is 5.95 Å². The molecular formula is C11H11Cl2N3. The highest BCUT2D eigenvalue weighted by atomic mass is 35.5. The Bertz CT molecular complexity index is 558. The molecule has 0 aliphatic heterocycles. The van der Waals surface area contributed by atoms with Crippen LogP contribution in [-0.4, -0.2) is 9.55 Å². The molecule has 1 aromatic carbocycles. The fourth-order valence-corrected chi connectivity index (χ4v) is 2.21. The van der Waals surface area contributed by atoms with E-state index in [0.29, 0.717) is 16.0 Å². The number of hydrogen-bond donors (Lipinski definition) is 1. The van der Waals surface area contributed by atoms with Crippen LogP contribution >= 0.6 is 23.2 Å². The van der Waals surface area contributed by atoms with Crippen LogP contribution < -0.4 is 5.73 Å². The summed E-state index contributed by atoms with van der Waals surface area (Å²) in [5, 5.41) is 1.07. The first-order chi connectivity index (χ1) is 7.65. The molecule has 5 heteroatoms. The van der Waals surface area contributed by atoms with Gasteiger partial charge in [0.15, 0.2) is 0 Å². The summed E-state index contributed by atoms with van der Waals surface area (Å²) < 4.78 is 2.02. The molecule has 3 rings (SSSR count). The van der Waals surface area contributed by atoms with E-state index in [4.69, 9.17) is 28.9 Å². The average molecular weight is 256 g/mol. The molecule has 1 fully saturated rings. The Kier molecular flexibility index (Phi) is 2.26. The molecule has 16 heavy (non-hydrogen) atoms. The van der Waals surface area contributed by atoms with Crippen molar-refractivity contribution >= 4 is 40.2 Å². The van der Waals surface area contributed by atoms with E-state index in [-0.39, 0.29) is 0 Å². The van der Waals surface area contributed by atoms with Gasteiger partial charge in [0.1, 0.15) is 0 Å². The Morgan fingerprint density at radius 3 is 2.69 bits per heavy atom. The molecule has 2 aromatic rings. The number of anilines is 1. The minimum Gasteiger partial charge on any atom is -0.369 e. The van der Waals surface area contributed by atoms with E-state index in [1.165, 1.54) is 12.8 Å². The van der Waals surface area contributed by atoms with Gasteiger partial charge in [-0.05, 0) is 30.9 Å². The molecule has 0 amide bonds. The summed E-state index contributed by atoms with van der Waals surface area (Å²) in [6.07, 6.45) is 2.56. The number of nitrogen functional groups attached to an aromatic ring is 1. The number of halogens is 2. The van der Waals surface area contributed by atoms with Crippen molar-refractivity contribution in [1.82, 2.24) is 9.55 Å². The maximum Gasteiger partial charge on any atom is 0.201 e. The minimum absolute atomic E-state index is 0.519. The molecule has 1 heterocycles. The lowest BCUT2D eigenvalue weighted by Crippen LogP contribution is -2.04. The van der Waals surface area contributed by atoms with Crippen LogP contribution in [0, 0.1) is 5.92 Å². The van der Waals surface area contributed by atoms with Crippen molar-refractivity contribution in [1.29, 1.82) is 0 Å². The van der Waals surface area contributed by atoms with Crippen LogP contribution in [-0.2, 0) is 6.54 Å². The number of nitrogens with two attached hydrogens (primary N) is 1. The standard InChI is InChI=1S/C11H11Cl2N3/c12-7-3-9-10(4-8(7)13)16(11(14)15-9)5-6-1-2-6/h3-4,6H,1-2,5H2,(H2,14,15). The van der Waals surface area contributed by atoms with E-state index in [1.807, 2.05) is 10.6 Å². The molecule has 0 unspecified atom stereocenters. The quantitative estimate of drug-likeness (QED) is 0.895. The summed E-state index contributed by atoms with van der Waals surface area (Å²) >= 11 is 12.0. The highest BCUT2D eigenvalue weighted by molar-refractivity contribution is 6.42. The highest BCUT2D eigenvalue weighted by Gasteiger charge is 2.24. The van der Waals surface area contributed by atoms with Crippen LogP contribution in [0.25, 0.3) is 11.0 Å². The number of imidazole rings is 1. The Morgan fingerprint density at radius 1 is 1.31 bits per heavy atom. The lowest BCUT2D eigenvalue weighted by Gasteiger charge is -2.05. The normalized spacial score (nSPS) is 15.9. The second-order valence-corrected chi connectivity index (χ2v) is 5.09. The first-order valence-electron chi connectivity index (χ1n) is 5.26. The molecular weight excluding hydrogens is 245 g/mol. The van der Waals surface area contributed by atoms with Gasteiger partial charge in [0.2, 0.25) is 5.95 Å². The minimum atomic E-state index is 0.519. The van der Waals surface area contributed by atoms with Crippen LogP contribution in [0.1, 0.15) is 12.8 Å². The van der Waals surface area contributed by atoms with Gasteiger partial charge in [0.05, 0.1) is 21.1 Å². The Hall–Kier alpha value is -0.930. The lowest BCUT2D eigenvalue weighted by atomic mass is 10.3. The van der Waals surface area contributed by atoms with Crippen LogP contribution in [0.15, 0.2) is 12.1 Å². The topological polar surface area (TPSA) is 43.8 Å². The molecule has 1 aliphatic rings. The summed E-state index contributed by atoms with van der Waals surface area (Å²) in [6.45, 7) is 0.931. The van der Waals surface area contributed by atoms with E-state index >= 15 is 0 Å². The summed E-state index contributed by atoms with van der Waals surface area (Å²) in [5.41, 5.74) is 7.68. The van der Waals surface area contributed by atoms with Crippen molar-refractivity contribution in [3.05, 3.63) is 22.2 Å². The third kappa shape index (κ3) is 1.64. The first-order valence-corrected chi connectivity index (χ1v) is 6.01. The van der Waals surface area contributed by atoms with Gasteiger partial charge in [-0.25, -0.2) is 4.98 Å². The second kappa shape index (κ2) is 3.54. The number of hydrogen-bond acceptors (Lipinski definition) is 2. The Balaban J connectivity index is 2.17. The number of aromatic nitrogens is 2. The van der Waals surface area contributed by atoms with Gasteiger partial charge < -0.3 is 10.3 Å². The molecule has 1 aliphatic carbocycles. The molecule has 0 atom stereocenters.